The minimum Gasteiger partial charge on any atom is -0.492 e. The molecular formula is C27H35F3N2O5S. The van der Waals surface area contributed by atoms with Crippen LogP contribution in [0.15, 0.2) is 48.5 Å². The van der Waals surface area contributed by atoms with Crippen molar-refractivity contribution in [2.45, 2.75) is 45.4 Å². The third-order valence-electron chi connectivity index (χ3n) is 5.53. The van der Waals surface area contributed by atoms with E-state index in [9.17, 15) is 27.9 Å². The Bertz CT molecular complexity index is 1000. The first-order valence-corrected chi connectivity index (χ1v) is 13.7. The Balaban J connectivity index is 1.99. The van der Waals surface area contributed by atoms with Crippen molar-refractivity contribution in [2.75, 3.05) is 43.1 Å². The second-order valence-corrected chi connectivity index (χ2v) is 9.63. The van der Waals surface area contributed by atoms with Crippen molar-refractivity contribution in [3.8, 4) is 5.75 Å². The fraction of sp³-hybridized carbons (Fsp3) is 0.481. The smallest absolute Gasteiger partial charge is 0.418 e. The molecule has 2 aromatic carbocycles. The summed E-state index contributed by atoms with van der Waals surface area (Å²) < 4.78 is 51.1. The number of benzene rings is 2. The van der Waals surface area contributed by atoms with Crippen molar-refractivity contribution in [3.63, 3.8) is 0 Å². The molecule has 2 N–H and O–H groups in total. The SMILES string of the molecule is CCCCSCCN(CCOc1ccc(CC(OCC)C(=O)O)cc1)C(=O)Nc1ccccc1C(F)(F)F. The van der Waals surface area contributed by atoms with Crippen LogP contribution in [0, 0.1) is 0 Å². The topological polar surface area (TPSA) is 88.1 Å². The van der Waals surface area contributed by atoms with Gasteiger partial charge in [0.05, 0.1) is 17.8 Å². The van der Waals surface area contributed by atoms with Crippen LogP contribution in [-0.2, 0) is 22.1 Å². The predicted octanol–water partition coefficient (Wildman–Crippen LogP) is 6.18. The van der Waals surface area contributed by atoms with Gasteiger partial charge in [-0.15, -0.1) is 0 Å². The molecule has 0 bridgehead atoms. The largest absolute Gasteiger partial charge is 0.492 e. The zero-order valence-electron chi connectivity index (χ0n) is 21.6. The lowest BCUT2D eigenvalue weighted by atomic mass is 10.1. The van der Waals surface area contributed by atoms with Gasteiger partial charge in [-0.3, -0.25) is 0 Å². The first-order valence-electron chi connectivity index (χ1n) is 12.5. The van der Waals surface area contributed by atoms with E-state index in [1.54, 1.807) is 43.0 Å². The number of carboxylic acids is 1. The summed E-state index contributed by atoms with van der Waals surface area (Å²) in [5.41, 5.74) is -0.431. The van der Waals surface area contributed by atoms with Crippen LogP contribution in [0.4, 0.5) is 23.7 Å². The molecule has 2 amide bonds. The molecule has 0 saturated heterocycles. The van der Waals surface area contributed by atoms with E-state index in [0.717, 1.165) is 30.2 Å². The summed E-state index contributed by atoms with van der Waals surface area (Å²) in [6.07, 6.45) is -3.20. The average Bonchev–Trinajstić information content (AvgIpc) is 2.87. The molecule has 0 spiro atoms. The molecule has 0 aromatic heterocycles. The van der Waals surface area contributed by atoms with E-state index in [2.05, 4.69) is 12.2 Å². The van der Waals surface area contributed by atoms with E-state index in [4.69, 9.17) is 9.47 Å². The molecule has 0 fully saturated rings. The zero-order chi connectivity index (χ0) is 28.0. The molecule has 7 nitrogen and oxygen atoms in total. The second-order valence-electron chi connectivity index (χ2n) is 8.41. The first kappa shape index (κ1) is 31.3. The maximum absolute atomic E-state index is 13.4. The number of ether oxygens (including phenoxy) is 2. The number of hydrogen-bond donors (Lipinski definition) is 2. The molecule has 38 heavy (non-hydrogen) atoms. The first-order chi connectivity index (χ1) is 18.2. The number of nitrogens with zero attached hydrogens (tertiary/aromatic N) is 1. The van der Waals surface area contributed by atoms with Gasteiger partial charge in [0.15, 0.2) is 6.10 Å². The highest BCUT2D eigenvalue weighted by atomic mass is 32.2. The maximum atomic E-state index is 13.4. The molecule has 0 saturated carbocycles. The fourth-order valence-corrected chi connectivity index (χ4v) is 4.55. The van der Waals surface area contributed by atoms with Crippen molar-refractivity contribution in [1.29, 1.82) is 0 Å². The highest BCUT2D eigenvalue weighted by Gasteiger charge is 2.34. The molecule has 0 aliphatic carbocycles. The Morgan fingerprint density at radius 2 is 1.76 bits per heavy atom. The van der Waals surface area contributed by atoms with Crippen LogP contribution >= 0.6 is 11.8 Å². The maximum Gasteiger partial charge on any atom is 0.418 e. The van der Waals surface area contributed by atoms with Crippen molar-refractivity contribution in [1.82, 2.24) is 4.90 Å². The Morgan fingerprint density at radius 3 is 2.39 bits per heavy atom. The molecular weight excluding hydrogens is 521 g/mol. The van der Waals surface area contributed by atoms with Gasteiger partial charge in [-0.25, -0.2) is 9.59 Å². The third kappa shape index (κ3) is 10.8. The minimum absolute atomic E-state index is 0.129. The summed E-state index contributed by atoms with van der Waals surface area (Å²) in [4.78, 5) is 25.7. The van der Waals surface area contributed by atoms with Crippen LogP contribution in [-0.4, -0.2) is 65.9 Å². The molecule has 0 radical (unpaired) electrons. The van der Waals surface area contributed by atoms with E-state index in [-0.39, 0.29) is 25.3 Å². The summed E-state index contributed by atoms with van der Waals surface area (Å²) in [6, 6.07) is 11.1. The van der Waals surface area contributed by atoms with Crippen LogP contribution in [0.2, 0.25) is 0 Å². The lowest BCUT2D eigenvalue weighted by Crippen LogP contribution is -2.39. The molecule has 0 aliphatic heterocycles. The second kappa shape index (κ2) is 16.1. The normalized spacial score (nSPS) is 12.1. The molecule has 1 unspecified atom stereocenters. The number of alkyl halides is 3. The molecule has 210 valence electrons. The number of para-hydroxylation sites is 1. The summed E-state index contributed by atoms with van der Waals surface area (Å²) >= 11 is 1.68. The predicted molar refractivity (Wildman–Crippen MR) is 143 cm³/mol. The number of nitrogens with one attached hydrogen (secondary N) is 1. The number of hydrogen-bond acceptors (Lipinski definition) is 5. The average molecular weight is 557 g/mol. The van der Waals surface area contributed by atoms with Crippen LogP contribution < -0.4 is 10.1 Å². The third-order valence-corrected chi connectivity index (χ3v) is 6.58. The Labute approximate surface area is 225 Å². The van der Waals surface area contributed by atoms with E-state index in [1.165, 1.54) is 23.1 Å². The van der Waals surface area contributed by atoms with Gasteiger partial charge in [0, 0.05) is 25.3 Å². The standard InChI is InChI=1S/C27H35F3N2O5S/c1-3-5-17-38-18-15-32(26(35)31-23-9-7-6-8-22(23)27(28,29)30)14-16-37-21-12-10-20(11-13-21)19-24(25(33)34)36-4-2/h6-13,24H,3-5,14-19H2,1-2H3,(H,31,35)(H,33,34). The highest BCUT2D eigenvalue weighted by molar-refractivity contribution is 7.99. The number of urea groups is 1. The zero-order valence-corrected chi connectivity index (χ0v) is 22.4. The van der Waals surface area contributed by atoms with Crippen molar-refractivity contribution < 1.29 is 37.3 Å². The lowest BCUT2D eigenvalue weighted by molar-refractivity contribution is -0.150. The number of carboxylic acid groups (broad SMARTS) is 1. The van der Waals surface area contributed by atoms with Gasteiger partial charge < -0.3 is 24.8 Å². The number of anilines is 1. The van der Waals surface area contributed by atoms with Gasteiger partial charge in [0.2, 0.25) is 0 Å². The summed E-state index contributed by atoms with van der Waals surface area (Å²) in [7, 11) is 0. The lowest BCUT2D eigenvalue weighted by Gasteiger charge is -2.24. The Hall–Kier alpha value is -2.92. The molecule has 2 aromatic rings. The van der Waals surface area contributed by atoms with Crippen molar-refractivity contribution in [2.24, 2.45) is 0 Å². The van der Waals surface area contributed by atoms with Crippen molar-refractivity contribution in [3.05, 3.63) is 59.7 Å². The molecule has 11 heteroatoms. The van der Waals surface area contributed by atoms with Gasteiger partial charge in [-0.2, -0.15) is 24.9 Å². The van der Waals surface area contributed by atoms with E-state index in [1.807, 2.05) is 0 Å². The highest BCUT2D eigenvalue weighted by Crippen LogP contribution is 2.34. The fourth-order valence-electron chi connectivity index (χ4n) is 3.50. The van der Waals surface area contributed by atoms with E-state index < -0.39 is 29.8 Å². The summed E-state index contributed by atoms with van der Waals surface area (Å²) in [5, 5.41) is 11.6. The molecule has 0 heterocycles. The van der Waals surface area contributed by atoms with Crippen LogP contribution in [0.1, 0.15) is 37.8 Å². The number of aliphatic carboxylic acids is 1. The van der Waals surface area contributed by atoms with E-state index in [0.29, 0.717) is 24.7 Å². The number of halogens is 3. The van der Waals surface area contributed by atoms with Crippen LogP contribution in [0.25, 0.3) is 0 Å². The van der Waals surface area contributed by atoms with Gasteiger partial charge in [-0.1, -0.05) is 37.6 Å². The molecule has 1 atom stereocenters. The number of carbonyl (C=O) groups is 2. The number of unbranched alkanes of at least 4 members (excludes halogenated alkanes) is 1. The summed E-state index contributed by atoms with van der Waals surface area (Å²) in [5.74, 6) is 1.08. The quantitative estimate of drug-likeness (QED) is 0.240. The number of carbonyl (C=O) groups excluding carboxylic acids is 1. The minimum atomic E-state index is -4.59. The molecule has 2 rings (SSSR count). The van der Waals surface area contributed by atoms with E-state index >= 15 is 0 Å². The Morgan fingerprint density at radius 1 is 1.05 bits per heavy atom. The molecule has 0 aliphatic rings. The van der Waals surface area contributed by atoms with Crippen LogP contribution in [0.3, 0.4) is 0 Å². The number of amides is 2. The van der Waals surface area contributed by atoms with Gasteiger partial charge >= 0.3 is 18.2 Å². The number of thioether (sulfide) groups is 1. The van der Waals surface area contributed by atoms with Crippen molar-refractivity contribution >= 4 is 29.4 Å². The Kier molecular flexibility index (Phi) is 13.3. The van der Waals surface area contributed by atoms with Crippen LogP contribution in [0.5, 0.6) is 5.75 Å². The monoisotopic (exact) mass is 556 g/mol. The van der Waals surface area contributed by atoms with Gasteiger partial charge in [0.1, 0.15) is 12.4 Å². The van der Waals surface area contributed by atoms with Gasteiger partial charge in [-0.05, 0) is 48.9 Å². The van der Waals surface area contributed by atoms with Gasteiger partial charge in [0.25, 0.3) is 0 Å². The summed E-state index contributed by atoms with van der Waals surface area (Å²) in [6.45, 7) is 4.76. The number of rotatable bonds is 16.